The number of ether oxygens (including phenoxy) is 1. The van der Waals surface area contributed by atoms with Crippen molar-refractivity contribution in [2.45, 2.75) is 64.3 Å². The molecule has 130 valence electrons. The maximum absolute atomic E-state index is 10.6. The second kappa shape index (κ2) is 7.77. The van der Waals surface area contributed by atoms with E-state index in [0.29, 0.717) is 18.3 Å². The fourth-order valence-electron chi connectivity index (χ4n) is 3.08. The predicted molar refractivity (Wildman–Crippen MR) is 89.8 cm³/mol. The Balaban J connectivity index is 1.56. The van der Waals surface area contributed by atoms with Gasteiger partial charge in [-0.3, -0.25) is 0 Å². The Bertz CT molecular complexity index is 658. The van der Waals surface area contributed by atoms with E-state index in [1.165, 1.54) is 0 Å². The van der Waals surface area contributed by atoms with Crippen molar-refractivity contribution in [2.75, 3.05) is 0 Å². The highest BCUT2D eigenvalue weighted by Gasteiger charge is 2.33. The zero-order chi connectivity index (χ0) is 16.9. The molecule has 0 saturated heterocycles. The van der Waals surface area contributed by atoms with Crippen LogP contribution in [-0.2, 0) is 13.0 Å². The quantitative estimate of drug-likeness (QED) is 0.846. The zero-order valence-corrected chi connectivity index (χ0v) is 14.2. The van der Waals surface area contributed by atoms with E-state index >= 15 is 0 Å². The average molecular weight is 331 g/mol. The second-order valence-corrected chi connectivity index (χ2v) is 6.34. The molecule has 1 saturated carbocycles. The summed E-state index contributed by atoms with van der Waals surface area (Å²) in [6.07, 6.45) is 2.75. The Kier molecular flexibility index (Phi) is 5.48. The van der Waals surface area contributed by atoms with E-state index in [9.17, 15) is 5.11 Å². The molecule has 1 aromatic carbocycles. The summed E-state index contributed by atoms with van der Waals surface area (Å²) in [7, 11) is 0. The summed E-state index contributed by atoms with van der Waals surface area (Å²) in [5, 5.41) is 17.9. The van der Waals surface area contributed by atoms with E-state index in [1.807, 2.05) is 38.1 Å². The number of aromatic nitrogens is 2. The molecule has 1 heterocycles. The number of benzene rings is 1. The molecule has 1 aliphatic carbocycles. The van der Waals surface area contributed by atoms with Crippen molar-refractivity contribution >= 4 is 0 Å². The molecule has 1 aromatic heterocycles. The first-order valence-corrected chi connectivity index (χ1v) is 8.62. The van der Waals surface area contributed by atoms with Gasteiger partial charge in [-0.2, -0.15) is 4.98 Å². The normalized spacial score (nSPS) is 24.0. The van der Waals surface area contributed by atoms with E-state index in [-0.39, 0.29) is 12.1 Å². The fraction of sp³-hybridized carbons (Fsp3) is 0.556. The molecule has 2 N–H and O–H groups in total. The van der Waals surface area contributed by atoms with E-state index in [1.54, 1.807) is 0 Å². The lowest BCUT2D eigenvalue weighted by Crippen LogP contribution is -2.51. The smallest absolute Gasteiger partial charge is 0.226 e. The maximum Gasteiger partial charge on any atom is 0.226 e. The van der Waals surface area contributed by atoms with Crippen LogP contribution in [0.1, 0.15) is 43.5 Å². The molecule has 0 bridgehead atoms. The molecule has 2 aromatic rings. The minimum Gasteiger partial charge on any atom is -0.488 e. The fourth-order valence-corrected chi connectivity index (χ4v) is 3.08. The third-order valence-electron chi connectivity index (χ3n) is 4.41. The number of aryl methyl sites for hydroxylation is 2. The van der Waals surface area contributed by atoms with Gasteiger partial charge >= 0.3 is 0 Å². The van der Waals surface area contributed by atoms with Gasteiger partial charge in [-0.1, -0.05) is 24.2 Å². The van der Waals surface area contributed by atoms with Gasteiger partial charge in [-0.05, 0) is 43.9 Å². The van der Waals surface area contributed by atoms with Crippen LogP contribution in [0.15, 0.2) is 28.8 Å². The topological polar surface area (TPSA) is 80.4 Å². The molecule has 1 fully saturated rings. The molecule has 3 rings (SSSR count). The van der Waals surface area contributed by atoms with E-state index < -0.39 is 6.10 Å². The maximum atomic E-state index is 10.6. The van der Waals surface area contributed by atoms with Crippen molar-refractivity contribution in [3.63, 3.8) is 0 Å². The van der Waals surface area contributed by atoms with Crippen LogP contribution in [-0.4, -0.2) is 33.5 Å². The van der Waals surface area contributed by atoms with Crippen molar-refractivity contribution in [1.82, 2.24) is 15.5 Å². The minimum atomic E-state index is -0.559. The van der Waals surface area contributed by atoms with Gasteiger partial charge < -0.3 is 19.7 Å². The number of aliphatic hydroxyl groups excluding tert-OH is 1. The van der Waals surface area contributed by atoms with Crippen molar-refractivity contribution in [3.05, 3.63) is 41.5 Å². The predicted octanol–water partition coefficient (Wildman–Crippen LogP) is 2.39. The molecule has 0 unspecified atom stereocenters. The Hall–Kier alpha value is -1.92. The Morgan fingerprint density at radius 3 is 3.00 bits per heavy atom. The van der Waals surface area contributed by atoms with Crippen LogP contribution in [0.5, 0.6) is 5.75 Å². The summed E-state index contributed by atoms with van der Waals surface area (Å²) < 4.78 is 11.1. The third kappa shape index (κ3) is 4.13. The number of aliphatic hydroxyl groups is 1. The van der Waals surface area contributed by atoms with Crippen LogP contribution >= 0.6 is 0 Å². The lowest BCUT2D eigenvalue weighted by atomic mass is 9.90. The van der Waals surface area contributed by atoms with Crippen LogP contribution in [0.3, 0.4) is 0 Å². The SMILES string of the molecule is CCc1nc(CN[C@H]2CCC[C@@H](Oc3cccc(C)c3)[C@@H]2O)no1. The third-order valence-corrected chi connectivity index (χ3v) is 4.41. The first-order chi connectivity index (χ1) is 11.7. The molecule has 0 amide bonds. The van der Waals surface area contributed by atoms with Crippen molar-refractivity contribution < 1.29 is 14.4 Å². The standard InChI is InChI=1S/C18H25N3O3/c1-3-17-20-16(21-24-17)11-19-14-8-5-9-15(18(14)22)23-13-7-4-6-12(2)10-13/h4,6-7,10,14-15,18-19,22H,3,5,8-9,11H2,1-2H3/t14-,15+,18+/m0/s1. The van der Waals surface area contributed by atoms with Gasteiger partial charge in [0.05, 0.1) is 6.54 Å². The molecule has 0 spiro atoms. The highest BCUT2D eigenvalue weighted by atomic mass is 16.5. The van der Waals surface area contributed by atoms with Crippen LogP contribution in [0.4, 0.5) is 0 Å². The van der Waals surface area contributed by atoms with Crippen LogP contribution in [0.25, 0.3) is 0 Å². The highest BCUT2D eigenvalue weighted by Crippen LogP contribution is 2.25. The first-order valence-electron chi connectivity index (χ1n) is 8.62. The lowest BCUT2D eigenvalue weighted by Gasteiger charge is -2.35. The monoisotopic (exact) mass is 331 g/mol. The van der Waals surface area contributed by atoms with E-state index in [0.717, 1.165) is 37.0 Å². The lowest BCUT2D eigenvalue weighted by molar-refractivity contribution is -0.0159. The molecule has 24 heavy (non-hydrogen) atoms. The largest absolute Gasteiger partial charge is 0.488 e. The summed E-state index contributed by atoms with van der Waals surface area (Å²) in [5.41, 5.74) is 1.15. The molecular weight excluding hydrogens is 306 g/mol. The van der Waals surface area contributed by atoms with Gasteiger partial charge in [0, 0.05) is 12.5 Å². The Labute approximate surface area is 142 Å². The Morgan fingerprint density at radius 1 is 1.38 bits per heavy atom. The second-order valence-electron chi connectivity index (χ2n) is 6.34. The van der Waals surface area contributed by atoms with Gasteiger partial charge in [0.1, 0.15) is 18.0 Å². The summed E-state index contributed by atoms with van der Waals surface area (Å²) >= 11 is 0. The van der Waals surface area contributed by atoms with Crippen molar-refractivity contribution in [2.24, 2.45) is 0 Å². The molecule has 1 aliphatic rings. The van der Waals surface area contributed by atoms with E-state index in [4.69, 9.17) is 9.26 Å². The van der Waals surface area contributed by atoms with Crippen molar-refractivity contribution in [3.8, 4) is 5.75 Å². The number of hydrogen-bond acceptors (Lipinski definition) is 6. The molecule has 0 aliphatic heterocycles. The number of hydrogen-bond donors (Lipinski definition) is 2. The zero-order valence-electron chi connectivity index (χ0n) is 14.2. The molecular formula is C18H25N3O3. The summed E-state index contributed by atoms with van der Waals surface area (Å²) in [6, 6.07) is 7.90. The Morgan fingerprint density at radius 2 is 2.25 bits per heavy atom. The average Bonchev–Trinajstić information content (AvgIpc) is 3.04. The number of nitrogens with one attached hydrogen (secondary N) is 1. The minimum absolute atomic E-state index is 0.0304. The molecule has 6 heteroatoms. The van der Waals surface area contributed by atoms with Gasteiger partial charge in [-0.25, -0.2) is 0 Å². The van der Waals surface area contributed by atoms with Gasteiger partial charge in [0.15, 0.2) is 5.82 Å². The van der Waals surface area contributed by atoms with E-state index in [2.05, 4.69) is 15.5 Å². The van der Waals surface area contributed by atoms with Gasteiger partial charge in [0.2, 0.25) is 5.89 Å². The summed E-state index contributed by atoms with van der Waals surface area (Å²) in [6.45, 7) is 4.50. The molecule has 3 atom stereocenters. The molecule has 0 radical (unpaired) electrons. The van der Waals surface area contributed by atoms with Crippen LogP contribution in [0, 0.1) is 6.92 Å². The number of rotatable bonds is 6. The van der Waals surface area contributed by atoms with Gasteiger partial charge in [-0.15, -0.1) is 0 Å². The number of nitrogens with zero attached hydrogens (tertiary/aromatic N) is 2. The van der Waals surface area contributed by atoms with Crippen LogP contribution < -0.4 is 10.1 Å². The van der Waals surface area contributed by atoms with Crippen LogP contribution in [0.2, 0.25) is 0 Å². The van der Waals surface area contributed by atoms with Gasteiger partial charge in [0.25, 0.3) is 0 Å². The van der Waals surface area contributed by atoms with Crippen molar-refractivity contribution in [1.29, 1.82) is 0 Å². The molecule has 6 nitrogen and oxygen atoms in total. The highest BCUT2D eigenvalue weighted by molar-refractivity contribution is 5.27. The summed E-state index contributed by atoms with van der Waals surface area (Å²) in [4.78, 5) is 4.28. The summed E-state index contributed by atoms with van der Waals surface area (Å²) in [5.74, 6) is 2.07. The first kappa shape index (κ1) is 16.9.